The number of aromatic nitrogens is 3. The fraction of sp³-hybridized carbons (Fsp3) is 0.562. The van der Waals surface area contributed by atoms with E-state index in [0.717, 1.165) is 24.9 Å². The molecule has 2 N–H and O–H groups in total. The summed E-state index contributed by atoms with van der Waals surface area (Å²) in [5, 5.41) is 10.5. The molecule has 2 aromatic heterocycles. The molecule has 1 aliphatic heterocycles. The van der Waals surface area contributed by atoms with E-state index >= 15 is 0 Å². The summed E-state index contributed by atoms with van der Waals surface area (Å²) in [6, 6.07) is 3.67. The lowest BCUT2D eigenvalue weighted by molar-refractivity contribution is 0.208. The minimum atomic E-state index is 0. The first-order valence-corrected chi connectivity index (χ1v) is 8.06. The molecule has 0 bridgehead atoms. The summed E-state index contributed by atoms with van der Waals surface area (Å²) in [6.07, 6.45) is 2.90. The third-order valence-electron chi connectivity index (χ3n) is 4.07. The van der Waals surface area contributed by atoms with Gasteiger partial charge in [0.1, 0.15) is 5.82 Å². The first kappa shape index (κ1) is 18.8. The van der Waals surface area contributed by atoms with Crippen molar-refractivity contribution in [3.8, 4) is 11.6 Å². The van der Waals surface area contributed by atoms with Crippen molar-refractivity contribution in [2.75, 3.05) is 20.1 Å². The number of nitrogens with zero attached hydrogens (tertiary/aromatic N) is 4. The second kappa shape index (κ2) is 8.50. The molecule has 1 saturated heterocycles. The van der Waals surface area contributed by atoms with Crippen LogP contribution in [0.5, 0.6) is 0 Å². The highest BCUT2D eigenvalue weighted by atomic mass is 127. The van der Waals surface area contributed by atoms with Crippen LogP contribution < -0.4 is 5.32 Å². The maximum atomic E-state index is 5.30. The predicted molar refractivity (Wildman–Crippen MR) is 104 cm³/mol. The molecule has 8 heteroatoms. The van der Waals surface area contributed by atoms with E-state index < -0.39 is 0 Å². The highest BCUT2D eigenvalue weighted by molar-refractivity contribution is 14.0. The fourth-order valence-corrected chi connectivity index (χ4v) is 3.22. The molecular weight excluding hydrogens is 419 g/mol. The zero-order chi connectivity index (χ0) is 16.2. The van der Waals surface area contributed by atoms with Crippen molar-refractivity contribution >= 4 is 29.9 Å². The highest BCUT2D eigenvalue weighted by Gasteiger charge is 2.24. The SMILES string of the molecule is CN=C(NCc1nc(-c2ccco2)n[nH]1)N1CC(C)CC(C)C1.I. The minimum absolute atomic E-state index is 0. The van der Waals surface area contributed by atoms with Crippen LogP contribution in [0, 0.1) is 11.8 Å². The maximum absolute atomic E-state index is 5.30. The van der Waals surface area contributed by atoms with Gasteiger partial charge in [0.15, 0.2) is 11.7 Å². The Balaban J connectivity index is 0.00000208. The Morgan fingerprint density at radius 3 is 2.79 bits per heavy atom. The van der Waals surface area contributed by atoms with Gasteiger partial charge in [0, 0.05) is 20.1 Å². The van der Waals surface area contributed by atoms with Crippen LogP contribution in [0.4, 0.5) is 0 Å². The summed E-state index contributed by atoms with van der Waals surface area (Å²) in [5.41, 5.74) is 0. The summed E-state index contributed by atoms with van der Waals surface area (Å²) >= 11 is 0. The zero-order valence-electron chi connectivity index (χ0n) is 14.3. The number of halogens is 1. The Bertz CT molecular complexity index is 643. The molecule has 0 amide bonds. The van der Waals surface area contributed by atoms with E-state index in [1.165, 1.54) is 6.42 Å². The van der Waals surface area contributed by atoms with Gasteiger partial charge in [-0.3, -0.25) is 10.1 Å². The van der Waals surface area contributed by atoms with Gasteiger partial charge in [0.2, 0.25) is 5.82 Å². The average molecular weight is 444 g/mol. The van der Waals surface area contributed by atoms with E-state index in [2.05, 4.69) is 44.2 Å². The molecule has 2 unspecified atom stereocenters. The van der Waals surface area contributed by atoms with Crippen LogP contribution in [-0.4, -0.2) is 46.2 Å². The number of rotatable bonds is 3. The van der Waals surface area contributed by atoms with Gasteiger partial charge in [-0.1, -0.05) is 13.8 Å². The molecule has 3 heterocycles. The lowest BCUT2D eigenvalue weighted by Gasteiger charge is -2.37. The van der Waals surface area contributed by atoms with Crippen LogP contribution in [0.3, 0.4) is 0 Å². The van der Waals surface area contributed by atoms with Crippen LogP contribution in [0.1, 0.15) is 26.1 Å². The van der Waals surface area contributed by atoms with Gasteiger partial charge >= 0.3 is 0 Å². The molecule has 2 aromatic rings. The molecule has 132 valence electrons. The average Bonchev–Trinajstić information content (AvgIpc) is 3.18. The number of aromatic amines is 1. The van der Waals surface area contributed by atoms with E-state index in [0.29, 0.717) is 30.0 Å². The quantitative estimate of drug-likeness (QED) is 0.432. The first-order valence-electron chi connectivity index (χ1n) is 8.06. The number of nitrogens with one attached hydrogen (secondary N) is 2. The molecular formula is C16H25IN6O. The number of furan rings is 1. The molecule has 1 aliphatic rings. The number of hydrogen-bond donors (Lipinski definition) is 2. The van der Waals surface area contributed by atoms with Crippen molar-refractivity contribution in [1.82, 2.24) is 25.4 Å². The summed E-state index contributed by atoms with van der Waals surface area (Å²) in [5.74, 6) is 4.29. The number of likely N-dealkylation sites (tertiary alicyclic amines) is 1. The van der Waals surface area contributed by atoms with Crippen LogP contribution in [0.15, 0.2) is 27.8 Å². The molecule has 0 saturated carbocycles. The van der Waals surface area contributed by atoms with Gasteiger partial charge in [-0.2, -0.15) is 0 Å². The van der Waals surface area contributed by atoms with Gasteiger partial charge in [0.05, 0.1) is 12.8 Å². The molecule has 24 heavy (non-hydrogen) atoms. The third kappa shape index (κ3) is 4.49. The molecule has 3 rings (SSSR count). The van der Waals surface area contributed by atoms with E-state index in [4.69, 9.17) is 4.42 Å². The van der Waals surface area contributed by atoms with Crippen LogP contribution in [0.25, 0.3) is 11.6 Å². The summed E-state index contributed by atoms with van der Waals surface area (Å²) in [6.45, 7) is 7.22. The number of piperidine rings is 1. The van der Waals surface area contributed by atoms with Crippen molar-refractivity contribution in [3.63, 3.8) is 0 Å². The Kier molecular flexibility index (Phi) is 6.64. The van der Waals surface area contributed by atoms with E-state index in [1.54, 1.807) is 6.26 Å². The van der Waals surface area contributed by atoms with Crippen molar-refractivity contribution in [1.29, 1.82) is 0 Å². The van der Waals surface area contributed by atoms with Gasteiger partial charge < -0.3 is 14.6 Å². The van der Waals surface area contributed by atoms with E-state index in [-0.39, 0.29) is 24.0 Å². The monoisotopic (exact) mass is 444 g/mol. The van der Waals surface area contributed by atoms with Crippen molar-refractivity contribution in [3.05, 3.63) is 24.2 Å². The molecule has 0 aromatic carbocycles. The standard InChI is InChI=1S/C16H24N6O.HI/c1-11-7-12(2)10-22(9-11)16(17-3)18-8-14-19-15(21-20-14)13-5-4-6-23-13;/h4-6,11-12H,7-10H2,1-3H3,(H,17,18)(H,19,20,21);1H. The lowest BCUT2D eigenvalue weighted by atomic mass is 9.92. The van der Waals surface area contributed by atoms with E-state index in [1.807, 2.05) is 19.2 Å². The van der Waals surface area contributed by atoms with Gasteiger partial charge in [-0.25, -0.2) is 4.98 Å². The van der Waals surface area contributed by atoms with Gasteiger partial charge in [0.25, 0.3) is 0 Å². The van der Waals surface area contributed by atoms with Crippen molar-refractivity contribution in [2.45, 2.75) is 26.8 Å². The zero-order valence-corrected chi connectivity index (χ0v) is 16.7. The summed E-state index contributed by atoms with van der Waals surface area (Å²) in [4.78, 5) is 11.2. The Morgan fingerprint density at radius 2 is 2.17 bits per heavy atom. The molecule has 7 nitrogen and oxygen atoms in total. The Labute approximate surface area is 159 Å². The van der Waals surface area contributed by atoms with Crippen LogP contribution in [0.2, 0.25) is 0 Å². The molecule has 1 fully saturated rings. The van der Waals surface area contributed by atoms with Gasteiger partial charge in [-0.05, 0) is 30.4 Å². The normalized spacial score (nSPS) is 21.5. The van der Waals surface area contributed by atoms with Crippen molar-refractivity contribution < 1.29 is 4.42 Å². The number of H-pyrrole nitrogens is 1. The second-order valence-electron chi connectivity index (χ2n) is 6.33. The summed E-state index contributed by atoms with van der Waals surface area (Å²) in [7, 11) is 1.82. The van der Waals surface area contributed by atoms with Crippen molar-refractivity contribution in [2.24, 2.45) is 16.8 Å². The molecule has 0 radical (unpaired) electrons. The fourth-order valence-electron chi connectivity index (χ4n) is 3.22. The minimum Gasteiger partial charge on any atom is -0.461 e. The van der Waals surface area contributed by atoms with Crippen LogP contribution >= 0.6 is 24.0 Å². The van der Waals surface area contributed by atoms with E-state index in [9.17, 15) is 0 Å². The predicted octanol–water partition coefficient (Wildman–Crippen LogP) is 2.74. The maximum Gasteiger partial charge on any atom is 0.216 e. The first-order chi connectivity index (χ1) is 11.2. The number of guanidine groups is 1. The summed E-state index contributed by atoms with van der Waals surface area (Å²) < 4.78 is 5.30. The Hall–Kier alpha value is -1.58. The molecule has 0 aliphatic carbocycles. The van der Waals surface area contributed by atoms with Gasteiger partial charge in [-0.15, -0.1) is 29.1 Å². The second-order valence-corrected chi connectivity index (χ2v) is 6.33. The number of hydrogen-bond acceptors (Lipinski definition) is 4. The highest BCUT2D eigenvalue weighted by Crippen LogP contribution is 2.21. The molecule has 2 atom stereocenters. The lowest BCUT2D eigenvalue weighted by Crippen LogP contribution is -2.48. The Morgan fingerprint density at radius 1 is 1.42 bits per heavy atom. The third-order valence-corrected chi connectivity index (χ3v) is 4.07. The topological polar surface area (TPSA) is 82.3 Å². The molecule has 0 spiro atoms. The number of aliphatic imine (C=N–C) groups is 1. The largest absolute Gasteiger partial charge is 0.461 e. The van der Waals surface area contributed by atoms with Crippen LogP contribution in [-0.2, 0) is 6.54 Å². The smallest absolute Gasteiger partial charge is 0.216 e.